The molecule has 0 bridgehead atoms. The Morgan fingerprint density at radius 2 is 1.60 bits per heavy atom. The van der Waals surface area contributed by atoms with Crippen LogP contribution in [0.25, 0.3) is 21.7 Å². The summed E-state index contributed by atoms with van der Waals surface area (Å²) in [4.78, 5) is 4.31. The molecule has 72 valence electrons. The van der Waals surface area contributed by atoms with E-state index in [1.165, 1.54) is 0 Å². The molecule has 15 heavy (non-hydrogen) atoms. The average Bonchev–Trinajstić information content (AvgIpc) is 2.29. The number of phenolic OH excluding ortho intramolecular Hbond substituents is 1. The Kier molecular flexibility index (Phi) is 1.62. The molecule has 0 aliphatic heterocycles. The molecule has 0 fully saturated rings. The molecule has 3 rings (SSSR count). The number of benzene rings is 2. The van der Waals surface area contributed by atoms with E-state index in [2.05, 4.69) is 4.98 Å². The van der Waals surface area contributed by atoms with E-state index in [0.717, 1.165) is 21.7 Å². The lowest BCUT2D eigenvalue weighted by atomic mass is 10.1. The highest BCUT2D eigenvalue weighted by molar-refractivity contribution is 6.07. The molecule has 1 heterocycles. The summed E-state index contributed by atoms with van der Waals surface area (Å²) in [6.07, 6.45) is 1.72. The number of rotatable bonds is 0. The standard InChI is InChI=1S/C13H9NO/c15-13-7-3-5-9-10-4-1-2-6-12(10)14-8-11(9)13/h1-8,15H. The first-order valence-electron chi connectivity index (χ1n) is 4.82. The monoisotopic (exact) mass is 195 g/mol. The third kappa shape index (κ3) is 1.15. The van der Waals surface area contributed by atoms with Crippen LogP contribution in [0, 0.1) is 0 Å². The number of phenols is 1. The zero-order valence-electron chi connectivity index (χ0n) is 8.01. The number of hydrogen-bond acceptors (Lipinski definition) is 2. The van der Waals surface area contributed by atoms with Gasteiger partial charge in [-0.3, -0.25) is 4.98 Å². The summed E-state index contributed by atoms with van der Waals surface area (Å²) in [5.74, 6) is 0.283. The van der Waals surface area contributed by atoms with Crippen molar-refractivity contribution in [1.29, 1.82) is 0 Å². The highest BCUT2D eigenvalue weighted by Crippen LogP contribution is 2.28. The van der Waals surface area contributed by atoms with Crippen LogP contribution >= 0.6 is 0 Å². The molecule has 0 aliphatic carbocycles. The normalized spacial score (nSPS) is 10.9. The fourth-order valence-corrected chi connectivity index (χ4v) is 1.87. The molecule has 0 spiro atoms. The molecule has 0 saturated heterocycles. The quantitative estimate of drug-likeness (QED) is 0.559. The Balaban J connectivity index is 2.60. The molecule has 0 radical (unpaired) electrons. The molecule has 0 aliphatic rings. The number of fused-ring (bicyclic) bond motifs is 3. The van der Waals surface area contributed by atoms with Crippen LogP contribution in [0.15, 0.2) is 48.7 Å². The van der Waals surface area contributed by atoms with Gasteiger partial charge in [0.1, 0.15) is 5.75 Å². The van der Waals surface area contributed by atoms with Crippen LogP contribution in [-0.2, 0) is 0 Å². The molecule has 2 heteroatoms. The van der Waals surface area contributed by atoms with Gasteiger partial charge in [0.05, 0.1) is 5.52 Å². The van der Waals surface area contributed by atoms with Crippen molar-refractivity contribution in [3.63, 3.8) is 0 Å². The van der Waals surface area contributed by atoms with Crippen molar-refractivity contribution in [1.82, 2.24) is 4.98 Å². The van der Waals surface area contributed by atoms with E-state index in [0.29, 0.717) is 0 Å². The van der Waals surface area contributed by atoms with Crippen LogP contribution in [0.4, 0.5) is 0 Å². The number of aromatic hydroxyl groups is 1. The number of aromatic nitrogens is 1. The van der Waals surface area contributed by atoms with Gasteiger partial charge in [-0.05, 0) is 17.5 Å². The highest BCUT2D eigenvalue weighted by atomic mass is 16.3. The maximum absolute atomic E-state index is 9.69. The summed E-state index contributed by atoms with van der Waals surface area (Å²) in [7, 11) is 0. The molecule has 0 amide bonds. The van der Waals surface area contributed by atoms with Gasteiger partial charge < -0.3 is 5.11 Å². The number of pyridine rings is 1. The van der Waals surface area contributed by atoms with Crippen molar-refractivity contribution in [3.05, 3.63) is 48.7 Å². The van der Waals surface area contributed by atoms with Crippen LogP contribution in [0.2, 0.25) is 0 Å². The molecule has 0 saturated carbocycles. The molecular weight excluding hydrogens is 186 g/mol. The smallest absolute Gasteiger partial charge is 0.124 e. The Hall–Kier alpha value is -2.09. The van der Waals surface area contributed by atoms with Crippen molar-refractivity contribution in [2.24, 2.45) is 0 Å². The van der Waals surface area contributed by atoms with Gasteiger partial charge in [-0.25, -0.2) is 0 Å². The lowest BCUT2D eigenvalue weighted by Gasteiger charge is -2.03. The van der Waals surface area contributed by atoms with E-state index in [1.807, 2.05) is 36.4 Å². The molecule has 2 aromatic carbocycles. The average molecular weight is 195 g/mol. The first kappa shape index (κ1) is 8.24. The lowest BCUT2D eigenvalue weighted by Crippen LogP contribution is -1.81. The fourth-order valence-electron chi connectivity index (χ4n) is 1.87. The van der Waals surface area contributed by atoms with Crippen LogP contribution in [-0.4, -0.2) is 10.1 Å². The van der Waals surface area contributed by atoms with Gasteiger partial charge >= 0.3 is 0 Å². The summed E-state index contributed by atoms with van der Waals surface area (Å²) in [5, 5.41) is 12.6. The van der Waals surface area contributed by atoms with E-state index in [9.17, 15) is 5.11 Å². The Morgan fingerprint density at radius 1 is 0.800 bits per heavy atom. The molecule has 1 aromatic heterocycles. The maximum atomic E-state index is 9.69. The summed E-state index contributed by atoms with van der Waals surface area (Å²) in [6, 6.07) is 13.5. The van der Waals surface area contributed by atoms with Crippen molar-refractivity contribution in [2.45, 2.75) is 0 Å². The third-order valence-electron chi connectivity index (χ3n) is 2.61. The lowest BCUT2D eigenvalue weighted by molar-refractivity contribution is 0.481. The van der Waals surface area contributed by atoms with Gasteiger partial charge in [0.2, 0.25) is 0 Å². The summed E-state index contributed by atoms with van der Waals surface area (Å²) < 4.78 is 0. The summed E-state index contributed by atoms with van der Waals surface area (Å²) in [6.45, 7) is 0. The molecule has 1 N–H and O–H groups in total. The highest BCUT2D eigenvalue weighted by Gasteiger charge is 2.03. The second-order valence-electron chi connectivity index (χ2n) is 3.51. The first-order valence-corrected chi connectivity index (χ1v) is 4.82. The van der Waals surface area contributed by atoms with Crippen LogP contribution in [0.5, 0.6) is 5.75 Å². The van der Waals surface area contributed by atoms with Gasteiger partial charge in [0.15, 0.2) is 0 Å². The first-order chi connectivity index (χ1) is 7.36. The third-order valence-corrected chi connectivity index (χ3v) is 2.61. The predicted octanol–water partition coefficient (Wildman–Crippen LogP) is 3.09. The van der Waals surface area contributed by atoms with Crippen molar-refractivity contribution >= 4 is 21.7 Å². The number of hydrogen-bond donors (Lipinski definition) is 1. The van der Waals surface area contributed by atoms with Crippen LogP contribution in [0.1, 0.15) is 0 Å². The predicted molar refractivity (Wildman–Crippen MR) is 60.9 cm³/mol. The zero-order valence-corrected chi connectivity index (χ0v) is 8.01. The minimum absolute atomic E-state index is 0.283. The van der Waals surface area contributed by atoms with E-state index in [1.54, 1.807) is 12.3 Å². The fraction of sp³-hybridized carbons (Fsp3) is 0. The van der Waals surface area contributed by atoms with Crippen molar-refractivity contribution in [2.75, 3.05) is 0 Å². The molecule has 2 nitrogen and oxygen atoms in total. The van der Waals surface area contributed by atoms with Crippen LogP contribution in [0.3, 0.4) is 0 Å². The van der Waals surface area contributed by atoms with Gasteiger partial charge in [0.25, 0.3) is 0 Å². The van der Waals surface area contributed by atoms with Crippen molar-refractivity contribution < 1.29 is 5.11 Å². The Morgan fingerprint density at radius 3 is 2.53 bits per heavy atom. The zero-order chi connectivity index (χ0) is 10.3. The second-order valence-corrected chi connectivity index (χ2v) is 3.51. The Labute approximate surface area is 86.8 Å². The summed E-state index contributed by atoms with van der Waals surface area (Å²) in [5.41, 5.74) is 0.954. The number of nitrogens with zero attached hydrogens (tertiary/aromatic N) is 1. The van der Waals surface area contributed by atoms with Gasteiger partial charge in [-0.15, -0.1) is 0 Å². The molecule has 3 aromatic rings. The van der Waals surface area contributed by atoms with E-state index < -0.39 is 0 Å². The maximum Gasteiger partial charge on any atom is 0.124 e. The van der Waals surface area contributed by atoms with Gasteiger partial charge in [-0.1, -0.05) is 30.3 Å². The van der Waals surface area contributed by atoms with Gasteiger partial charge in [-0.2, -0.15) is 0 Å². The minimum atomic E-state index is 0.283. The minimum Gasteiger partial charge on any atom is -0.507 e. The summed E-state index contributed by atoms with van der Waals surface area (Å²) >= 11 is 0. The largest absolute Gasteiger partial charge is 0.507 e. The molecule has 0 atom stereocenters. The number of para-hydroxylation sites is 1. The van der Waals surface area contributed by atoms with Crippen molar-refractivity contribution in [3.8, 4) is 5.75 Å². The van der Waals surface area contributed by atoms with E-state index in [4.69, 9.17) is 0 Å². The van der Waals surface area contributed by atoms with Crippen LogP contribution < -0.4 is 0 Å². The topological polar surface area (TPSA) is 33.1 Å². The van der Waals surface area contributed by atoms with E-state index in [-0.39, 0.29) is 5.75 Å². The Bertz CT molecular complexity index is 646. The molecular formula is C13H9NO. The second kappa shape index (κ2) is 2.95. The molecule has 0 unspecified atom stereocenters. The SMILES string of the molecule is Oc1cccc2c1cnc1ccccc12. The van der Waals surface area contributed by atoms with Gasteiger partial charge in [0, 0.05) is 17.0 Å². The van der Waals surface area contributed by atoms with E-state index >= 15 is 0 Å².